The third kappa shape index (κ3) is 7.44. The van der Waals surface area contributed by atoms with Gasteiger partial charge in [0.05, 0.1) is 18.9 Å². The fourth-order valence-electron chi connectivity index (χ4n) is 4.65. The van der Waals surface area contributed by atoms with Crippen LogP contribution in [0, 0.1) is 13.8 Å². The van der Waals surface area contributed by atoms with Crippen molar-refractivity contribution in [3.63, 3.8) is 0 Å². The number of carbonyl (C=O) groups is 2. The second kappa shape index (κ2) is 14.4. The summed E-state index contributed by atoms with van der Waals surface area (Å²) >= 11 is 10.0. The first-order chi connectivity index (χ1) is 22.1. The summed E-state index contributed by atoms with van der Waals surface area (Å²) in [4.78, 5) is 23.9. The highest BCUT2D eigenvalue weighted by molar-refractivity contribution is 9.10. The number of carboxylic acids is 1. The van der Waals surface area contributed by atoms with Crippen molar-refractivity contribution >= 4 is 45.6 Å². The van der Waals surface area contributed by atoms with E-state index in [0.29, 0.717) is 32.9 Å². The topological polar surface area (TPSA) is 125 Å². The Balaban J connectivity index is 1.17. The van der Waals surface area contributed by atoms with Crippen LogP contribution >= 0.6 is 27.5 Å². The maximum Gasteiger partial charge on any atom is 0.335 e. The zero-order valence-corrected chi connectivity index (χ0v) is 27.4. The number of nitrogens with zero attached hydrogens (tertiary/aromatic N) is 2. The lowest BCUT2D eigenvalue weighted by Crippen LogP contribution is -2.16. The van der Waals surface area contributed by atoms with E-state index in [4.69, 9.17) is 30.2 Å². The second-order valence-electron chi connectivity index (χ2n) is 10.1. The van der Waals surface area contributed by atoms with E-state index in [1.54, 1.807) is 30.3 Å². The molecule has 10 nitrogen and oxygen atoms in total. The molecule has 2 N–H and O–H groups in total. The number of amides is 1. The van der Waals surface area contributed by atoms with E-state index < -0.39 is 11.9 Å². The molecule has 5 aromatic rings. The molecule has 3 aromatic carbocycles. The Morgan fingerprint density at radius 2 is 1.74 bits per heavy atom. The lowest BCUT2D eigenvalue weighted by Gasteiger charge is -2.15. The molecule has 0 saturated carbocycles. The van der Waals surface area contributed by atoms with Crippen LogP contribution in [0.3, 0.4) is 0 Å². The van der Waals surface area contributed by atoms with Crippen molar-refractivity contribution in [3.05, 3.63) is 128 Å². The molecule has 0 saturated heterocycles. The Kier molecular flexibility index (Phi) is 10.1. The molecule has 46 heavy (non-hydrogen) atoms. The van der Waals surface area contributed by atoms with Crippen LogP contribution in [0.5, 0.6) is 17.2 Å². The van der Waals surface area contributed by atoms with E-state index in [9.17, 15) is 14.7 Å². The number of carbonyl (C=O) groups excluding carboxylic acids is 1. The van der Waals surface area contributed by atoms with Gasteiger partial charge < -0.3 is 28.3 Å². The molecule has 0 bridgehead atoms. The zero-order chi connectivity index (χ0) is 32.8. The Labute approximate surface area is 278 Å². The number of furan rings is 1. The van der Waals surface area contributed by atoms with Gasteiger partial charge >= 0.3 is 11.9 Å². The van der Waals surface area contributed by atoms with Gasteiger partial charge in [-0.1, -0.05) is 23.7 Å². The van der Waals surface area contributed by atoms with Gasteiger partial charge in [0.15, 0.2) is 17.3 Å². The number of aromatic nitrogens is 1. The summed E-state index contributed by atoms with van der Waals surface area (Å²) in [6.07, 6.45) is 1.39. The van der Waals surface area contributed by atoms with Gasteiger partial charge in [0.25, 0.3) is 0 Å². The Morgan fingerprint density at radius 1 is 1.00 bits per heavy atom. The fraction of sp³-hybridized carbons (Fsp3) is 0.147. The summed E-state index contributed by atoms with van der Waals surface area (Å²) in [5.41, 5.74) is 7.06. The highest BCUT2D eigenvalue weighted by atomic mass is 79.9. The van der Waals surface area contributed by atoms with Crippen LogP contribution in [0.25, 0.3) is 5.69 Å². The van der Waals surface area contributed by atoms with E-state index >= 15 is 0 Å². The van der Waals surface area contributed by atoms with Crippen molar-refractivity contribution in [3.8, 4) is 22.9 Å². The van der Waals surface area contributed by atoms with Gasteiger partial charge in [0, 0.05) is 27.1 Å². The van der Waals surface area contributed by atoms with E-state index in [-0.39, 0.29) is 35.3 Å². The number of halogens is 2. The minimum atomic E-state index is -1.03. The van der Waals surface area contributed by atoms with Gasteiger partial charge in [-0.05, 0) is 102 Å². The van der Waals surface area contributed by atoms with Gasteiger partial charge in [0.2, 0.25) is 0 Å². The van der Waals surface area contributed by atoms with E-state index in [0.717, 1.165) is 17.1 Å². The normalized spacial score (nSPS) is 11.1. The number of carboxylic acid groups (broad SMARTS) is 1. The number of hydrogen-bond donors (Lipinski definition) is 2. The number of aromatic carboxylic acids is 1. The average molecular weight is 707 g/mol. The van der Waals surface area contributed by atoms with Crippen LogP contribution in [0.1, 0.15) is 49.2 Å². The van der Waals surface area contributed by atoms with Crippen molar-refractivity contribution in [2.45, 2.75) is 27.1 Å². The molecule has 2 aromatic heterocycles. The lowest BCUT2D eigenvalue weighted by molar-refractivity contribution is 0.0696. The number of aryl methyl sites for hydroxylation is 2. The predicted molar refractivity (Wildman–Crippen MR) is 177 cm³/mol. The molecule has 0 aliphatic carbocycles. The maximum atomic E-state index is 12.7. The van der Waals surface area contributed by atoms with Crippen molar-refractivity contribution in [1.29, 1.82) is 0 Å². The van der Waals surface area contributed by atoms with Gasteiger partial charge in [-0.2, -0.15) is 5.10 Å². The van der Waals surface area contributed by atoms with Gasteiger partial charge in [-0.3, -0.25) is 4.79 Å². The summed E-state index contributed by atoms with van der Waals surface area (Å²) < 4.78 is 25.4. The molecule has 0 atom stereocenters. The van der Waals surface area contributed by atoms with Crippen molar-refractivity contribution in [2.24, 2.45) is 5.10 Å². The van der Waals surface area contributed by atoms with Gasteiger partial charge in [0.1, 0.15) is 29.7 Å². The number of hydrogen-bond acceptors (Lipinski definition) is 7. The zero-order valence-electron chi connectivity index (χ0n) is 25.0. The third-order valence-corrected chi connectivity index (χ3v) is 8.38. The minimum absolute atomic E-state index is 0.0589. The Morgan fingerprint density at radius 3 is 2.43 bits per heavy atom. The molecule has 0 fully saturated rings. The van der Waals surface area contributed by atoms with Crippen LogP contribution < -0.4 is 19.6 Å². The molecule has 1 amide bonds. The molecule has 0 aliphatic heterocycles. The number of hydrazone groups is 1. The monoisotopic (exact) mass is 705 g/mol. The predicted octanol–water partition coefficient (Wildman–Crippen LogP) is 7.73. The molecule has 5 rings (SSSR count). The van der Waals surface area contributed by atoms with Gasteiger partial charge in [-0.25, -0.2) is 10.2 Å². The number of rotatable bonds is 12. The fourth-order valence-corrected chi connectivity index (χ4v) is 5.30. The maximum absolute atomic E-state index is 12.7. The molecule has 236 valence electrons. The summed E-state index contributed by atoms with van der Waals surface area (Å²) in [6, 6.07) is 23.1. The van der Waals surface area contributed by atoms with E-state index in [1.165, 1.54) is 25.5 Å². The molecule has 0 radical (unpaired) electrons. The molecule has 0 aliphatic rings. The van der Waals surface area contributed by atoms with E-state index in [2.05, 4.69) is 57.0 Å². The van der Waals surface area contributed by atoms with Crippen LogP contribution in [0.2, 0.25) is 5.02 Å². The first-order valence-corrected chi connectivity index (χ1v) is 15.1. The summed E-state index contributed by atoms with van der Waals surface area (Å²) in [5.74, 6) is 0.188. The Hall–Kier alpha value is -5.00. The average Bonchev–Trinajstić information content (AvgIpc) is 3.67. The van der Waals surface area contributed by atoms with Crippen LogP contribution in [-0.2, 0) is 13.2 Å². The smallest absolute Gasteiger partial charge is 0.335 e. The summed E-state index contributed by atoms with van der Waals surface area (Å²) in [5, 5.41) is 13.5. The standard InChI is InChI=1S/C34H29BrClN3O7/c1-20-7-8-21(2)39(20)25-9-11-26(12-10-25)44-19-27-13-14-28(46-27)33(40)38-37-17-24-16-29(43-3)32(31(36)30(24)35)45-18-22-5-4-6-23(15-22)34(41)42/h4-17H,18-19H2,1-3H3,(H,38,40)(H,41,42)/b37-17+. The van der Waals surface area contributed by atoms with Crippen molar-refractivity contribution in [1.82, 2.24) is 9.99 Å². The summed E-state index contributed by atoms with van der Waals surface area (Å²) in [7, 11) is 1.46. The Bertz CT molecular complexity index is 1900. The molecule has 12 heteroatoms. The van der Waals surface area contributed by atoms with Crippen LogP contribution in [0.4, 0.5) is 0 Å². The SMILES string of the molecule is COc1cc(/C=N/NC(=O)c2ccc(COc3ccc(-n4c(C)ccc4C)cc3)o2)c(Br)c(Cl)c1OCc1cccc(C(=O)O)c1. The number of nitrogens with one attached hydrogen (secondary N) is 1. The quantitative estimate of drug-likeness (QED) is 0.101. The lowest BCUT2D eigenvalue weighted by atomic mass is 10.1. The molecule has 0 spiro atoms. The molecular formula is C34H29BrClN3O7. The number of benzene rings is 3. The third-order valence-electron chi connectivity index (χ3n) is 6.94. The first-order valence-electron chi connectivity index (χ1n) is 14.0. The number of methoxy groups -OCH3 is 1. The van der Waals surface area contributed by atoms with E-state index in [1.807, 2.05) is 24.3 Å². The number of ether oxygens (including phenoxy) is 3. The van der Waals surface area contributed by atoms with Crippen LogP contribution in [-0.4, -0.2) is 34.9 Å². The van der Waals surface area contributed by atoms with Crippen LogP contribution in [0.15, 0.2) is 92.9 Å². The van der Waals surface area contributed by atoms with Crippen molar-refractivity contribution < 1.29 is 33.3 Å². The largest absolute Gasteiger partial charge is 0.493 e. The van der Waals surface area contributed by atoms with Gasteiger partial charge in [-0.15, -0.1) is 0 Å². The van der Waals surface area contributed by atoms with Crippen molar-refractivity contribution in [2.75, 3.05) is 7.11 Å². The highest BCUT2D eigenvalue weighted by Crippen LogP contribution is 2.42. The first kappa shape index (κ1) is 32.4. The second-order valence-corrected chi connectivity index (χ2v) is 11.3. The molecule has 2 heterocycles. The minimum Gasteiger partial charge on any atom is -0.493 e. The molecule has 0 unspecified atom stereocenters. The molecular weight excluding hydrogens is 678 g/mol. The highest BCUT2D eigenvalue weighted by Gasteiger charge is 2.18. The summed E-state index contributed by atoms with van der Waals surface area (Å²) in [6.45, 7) is 4.32.